The van der Waals surface area contributed by atoms with Crippen molar-refractivity contribution in [3.63, 3.8) is 0 Å². The molecule has 0 radical (unpaired) electrons. The summed E-state index contributed by atoms with van der Waals surface area (Å²) in [6, 6.07) is 5.47. The molecule has 96 valence electrons. The van der Waals surface area contributed by atoms with Crippen molar-refractivity contribution in [1.29, 1.82) is 0 Å². The zero-order chi connectivity index (χ0) is 13.1. The third-order valence-corrected chi connectivity index (χ3v) is 2.91. The van der Waals surface area contributed by atoms with Gasteiger partial charge in [0.15, 0.2) is 0 Å². The first-order valence-electron chi connectivity index (χ1n) is 5.35. The maximum absolute atomic E-state index is 11.4. The fourth-order valence-corrected chi connectivity index (χ4v) is 1.96. The first-order chi connectivity index (χ1) is 8.69. The van der Waals surface area contributed by atoms with Gasteiger partial charge in [0.25, 0.3) is 0 Å². The molecule has 18 heavy (non-hydrogen) atoms. The number of carbonyl (C=O) groups is 1. The second-order valence-electron chi connectivity index (χ2n) is 3.68. The van der Waals surface area contributed by atoms with E-state index in [4.69, 9.17) is 16.3 Å². The van der Waals surface area contributed by atoms with Crippen LogP contribution in [-0.2, 0) is 22.0 Å². The number of nitrogens with zero attached hydrogens (tertiary/aromatic N) is 2. The van der Waals surface area contributed by atoms with E-state index in [2.05, 4.69) is 9.72 Å². The van der Waals surface area contributed by atoms with Crippen LogP contribution in [-0.4, -0.2) is 29.7 Å². The van der Waals surface area contributed by atoms with Crippen molar-refractivity contribution in [3.05, 3.63) is 24.0 Å². The number of benzene rings is 1. The minimum Gasteiger partial charge on any atom is -0.497 e. The van der Waals surface area contributed by atoms with E-state index >= 15 is 0 Å². The van der Waals surface area contributed by atoms with Crippen LogP contribution >= 0.6 is 11.6 Å². The fourth-order valence-electron chi connectivity index (χ4n) is 1.75. The Kier molecular flexibility index (Phi) is 3.72. The molecule has 2 aromatic rings. The van der Waals surface area contributed by atoms with Gasteiger partial charge in [0.2, 0.25) is 0 Å². The Hall–Kier alpha value is -1.75. The SMILES string of the molecule is COC(=O)Cn1c(CCl)nc2ccc(OC)cc21. The third-order valence-electron chi connectivity index (χ3n) is 2.67. The van der Waals surface area contributed by atoms with Gasteiger partial charge in [-0.3, -0.25) is 4.79 Å². The highest BCUT2D eigenvalue weighted by Crippen LogP contribution is 2.22. The summed E-state index contributed by atoms with van der Waals surface area (Å²) in [5.41, 5.74) is 1.57. The largest absolute Gasteiger partial charge is 0.497 e. The lowest BCUT2D eigenvalue weighted by Crippen LogP contribution is -2.13. The number of alkyl halides is 1. The lowest BCUT2D eigenvalue weighted by Gasteiger charge is -2.06. The first-order valence-corrected chi connectivity index (χ1v) is 5.89. The lowest BCUT2D eigenvalue weighted by molar-refractivity contribution is -0.141. The molecule has 0 N–H and O–H groups in total. The van der Waals surface area contributed by atoms with Gasteiger partial charge in [-0.25, -0.2) is 4.98 Å². The Morgan fingerprint density at radius 3 is 2.83 bits per heavy atom. The van der Waals surface area contributed by atoms with Crippen molar-refractivity contribution in [2.45, 2.75) is 12.4 Å². The van der Waals surface area contributed by atoms with Crippen LogP contribution in [0.4, 0.5) is 0 Å². The minimum atomic E-state index is -0.344. The second kappa shape index (κ2) is 5.27. The maximum Gasteiger partial charge on any atom is 0.325 e. The number of methoxy groups -OCH3 is 2. The molecule has 5 nitrogen and oxygen atoms in total. The van der Waals surface area contributed by atoms with Gasteiger partial charge in [0.1, 0.15) is 18.1 Å². The van der Waals surface area contributed by atoms with Gasteiger partial charge >= 0.3 is 5.97 Å². The molecule has 0 amide bonds. The summed E-state index contributed by atoms with van der Waals surface area (Å²) < 4.78 is 11.6. The number of imidazole rings is 1. The summed E-state index contributed by atoms with van der Waals surface area (Å²) in [5, 5.41) is 0. The molecule has 0 aliphatic carbocycles. The van der Waals surface area contributed by atoms with Gasteiger partial charge in [-0.05, 0) is 12.1 Å². The van der Waals surface area contributed by atoms with Crippen LogP contribution < -0.4 is 4.74 Å². The molecule has 1 aromatic heterocycles. The fraction of sp³-hybridized carbons (Fsp3) is 0.333. The third kappa shape index (κ3) is 2.26. The van der Waals surface area contributed by atoms with Crippen molar-refractivity contribution in [2.24, 2.45) is 0 Å². The molecule has 0 spiro atoms. The highest BCUT2D eigenvalue weighted by molar-refractivity contribution is 6.16. The molecule has 0 aliphatic rings. The highest BCUT2D eigenvalue weighted by Gasteiger charge is 2.13. The monoisotopic (exact) mass is 268 g/mol. The van der Waals surface area contributed by atoms with E-state index in [0.717, 1.165) is 11.0 Å². The van der Waals surface area contributed by atoms with E-state index in [0.29, 0.717) is 11.6 Å². The van der Waals surface area contributed by atoms with E-state index in [1.807, 2.05) is 18.2 Å². The Labute approximate surface area is 109 Å². The number of hydrogen-bond acceptors (Lipinski definition) is 4. The molecule has 0 saturated heterocycles. The molecule has 2 rings (SSSR count). The van der Waals surface area contributed by atoms with Crippen molar-refractivity contribution < 1.29 is 14.3 Å². The summed E-state index contributed by atoms with van der Waals surface area (Å²) in [6.45, 7) is 0.0855. The van der Waals surface area contributed by atoms with Gasteiger partial charge in [-0.15, -0.1) is 11.6 Å². The Balaban J connectivity index is 2.55. The quantitative estimate of drug-likeness (QED) is 0.628. The number of halogens is 1. The highest BCUT2D eigenvalue weighted by atomic mass is 35.5. The minimum absolute atomic E-state index is 0.0855. The molecule has 0 unspecified atom stereocenters. The van der Waals surface area contributed by atoms with Crippen LogP contribution in [0.3, 0.4) is 0 Å². The smallest absolute Gasteiger partial charge is 0.325 e. The molecule has 0 atom stereocenters. The number of hydrogen-bond donors (Lipinski definition) is 0. The van der Waals surface area contributed by atoms with Crippen LogP contribution in [0.25, 0.3) is 11.0 Å². The predicted octanol–water partition coefficient (Wildman–Crippen LogP) is 1.96. The summed E-state index contributed by atoms with van der Waals surface area (Å²) in [5.74, 6) is 1.22. The number of carbonyl (C=O) groups excluding carboxylic acids is 1. The zero-order valence-corrected chi connectivity index (χ0v) is 10.9. The molecule has 0 bridgehead atoms. The Morgan fingerprint density at radius 1 is 1.44 bits per heavy atom. The predicted molar refractivity (Wildman–Crippen MR) is 67.9 cm³/mol. The first kappa shape index (κ1) is 12.7. The van der Waals surface area contributed by atoms with Crippen molar-refractivity contribution in [1.82, 2.24) is 9.55 Å². The summed E-state index contributed by atoms with van der Waals surface area (Å²) in [4.78, 5) is 15.8. The molecular formula is C12H13ClN2O3. The Morgan fingerprint density at radius 2 is 2.22 bits per heavy atom. The van der Waals surface area contributed by atoms with Crippen LogP contribution in [0.2, 0.25) is 0 Å². The van der Waals surface area contributed by atoms with Crippen LogP contribution in [0.1, 0.15) is 5.82 Å². The summed E-state index contributed by atoms with van der Waals surface area (Å²) in [6.07, 6.45) is 0. The number of esters is 1. The van der Waals surface area contributed by atoms with Gasteiger partial charge in [-0.2, -0.15) is 0 Å². The van der Waals surface area contributed by atoms with E-state index < -0.39 is 0 Å². The second-order valence-corrected chi connectivity index (χ2v) is 3.95. The van der Waals surface area contributed by atoms with E-state index in [-0.39, 0.29) is 18.4 Å². The average molecular weight is 269 g/mol. The van der Waals surface area contributed by atoms with Crippen LogP contribution in [0.5, 0.6) is 5.75 Å². The number of fused-ring (bicyclic) bond motifs is 1. The number of ether oxygens (including phenoxy) is 2. The van der Waals surface area contributed by atoms with Crippen LogP contribution in [0, 0.1) is 0 Å². The average Bonchev–Trinajstić information content (AvgIpc) is 2.75. The van der Waals surface area contributed by atoms with Crippen molar-refractivity contribution in [3.8, 4) is 5.75 Å². The van der Waals surface area contributed by atoms with Gasteiger partial charge in [0.05, 0.1) is 31.1 Å². The van der Waals surface area contributed by atoms with Crippen molar-refractivity contribution in [2.75, 3.05) is 14.2 Å². The summed E-state index contributed by atoms with van der Waals surface area (Å²) >= 11 is 5.84. The van der Waals surface area contributed by atoms with Crippen LogP contribution in [0.15, 0.2) is 18.2 Å². The molecular weight excluding hydrogens is 256 g/mol. The molecule has 0 fully saturated rings. The van der Waals surface area contributed by atoms with E-state index in [9.17, 15) is 4.79 Å². The standard InChI is InChI=1S/C12H13ClN2O3/c1-17-8-3-4-9-10(5-8)15(7-12(16)18-2)11(6-13)14-9/h3-5H,6-7H2,1-2H3. The Bertz CT molecular complexity index is 580. The molecule has 1 aromatic carbocycles. The summed E-state index contributed by atoms with van der Waals surface area (Å²) in [7, 11) is 2.94. The topological polar surface area (TPSA) is 53.4 Å². The molecule has 0 saturated carbocycles. The zero-order valence-electron chi connectivity index (χ0n) is 10.1. The lowest BCUT2D eigenvalue weighted by atomic mass is 10.3. The van der Waals surface area contributed by atoms with E-state index in [1.54, 1.807) is 11.7 Å². The maximum atomic E-state index is 11.4. The molecule has 1 heterocycles. The van der Waals surface area contributed by atoms with Crippen molar-refractivity contribution >= 4 is 28.6 Å². The normalized spacial score (nSPS) is 10.6. The van der Waals surface area contributed by atoms with E-state index in [1.165, 1.54) is 7.11 Å². The van der Waals surface area contributed by atoms with Gasteiger partial charge < -0.3 is 14.0 Å². The number of aromatic nitrogens is 2. The van der Waals surface area contributed by atoms with Gasteiger partial charge in [-0.1, -0.05) is 0 Å². The number of rotatable bonds is 4. The van der Waals surface area contributed by atoms with Gasteiger partial charge in [0, 0.05) is 6.07 Å². The molecule has 0 aliphatic heterocycles. The molecule has 6 heteroatoms.